The Morgan fingerprint density at radius 2 is 1.18 bits per heavy atom. The third-order valence-corrected chi connectivity index (χ3v) is 10.0. The van der Waals surface area contributed by atoms with E-state index >= 15 is 0 Å². The maximum atomic E-state index is 13.2. The molecule has 0 saturated carbocycles. The number of hydrogen-bond acceptors (Lipinski definition) is 14. The number of fused-ring (bicyclic) bond motifs is 3. The van der Waals surface area contributed by atoms with E-state index in [9.17, 15) is 9.59 Å². The minimum Gasteiger partial charge on any atom is -0.481 e. The normalized spacial score (nSPS) is 13.7. The average molecular weight is 823 g/mol. The Hall–Kier alpha value is -3.16. The molecule has 0 unspecified atom stereocenters. The van der Waals surface area contributed by atoms with Crippen molar-refractivity contribution in [2.75, 3.05) is 106 Å². The first-order chi connectivity index (χ1) is 27.3. The van der Waals surface area contributed by atoms with Gasteiger partial charge in [-0.25, -0.2) is 0 Å². The number of aliphatic imine (C=N–C) groups is 1. The van der Waals surface area contributed by atoms with Gasteiger partial charge in [0.2, 0.25) is 0 Å². The fraction of sp³-hybridized carbons (Fsp3) is 0.615. The quantitative estimate of drug-likeness (QED) is 0.0847. The molecule has 1 aliphatic rings. The molecule has 0 radical (unpaired) electrons. The third kappa shape index (κ3) is 15.6. The molecule has 0 aliphatic carbocycles. The Balaban J connectivity index is 0.983. The topological polar surface area (TPSA) is 171 Å². The maximum Gasteiger partial charge on any atom is 0.305 e. The first kappa shape index (κ1) is 45.5. The number of aliphatic carboxylic acids is 1. The Bertz CT molecular complexity index is 1650. The van der Waals surface area contributed by atoms with Gasteiger partial charge in [0, 0.05) is 40.5 Å². The molecule has 310 valence electrons. The number of Topliss-reactive ketones (excluding diaryl/α,β-unsaturated/α-hetero) is 1. The van der Waals surface area contributed by atoms with Crippen LogP contribution in [0.15, 0.2) is 29.3 Å². The maximum absolute atomic E-state index is 13.2. The van der Waals surface area contributed by atoms with Crippen LogP contribution >= 0.6 is 22.9 Å². The number of aryl methyl sites for hydroxylation is 2. The number of aromatic nitrogens is 3. The summed E-state index contributed by atoms with van der Waals surface area (Å²) in [6, 6.07) is 7.18. The zero-order valence-corrected chi connectivity index (χ0v) is 34.2. The van der Waals surface area contributed by atoms with E-state index in [0.717, 1.165) is 33.2 Å². The van der Waals surface area contributed by atoms with Gasteiger partial charge in [-0.15, -0.1) is 21.5 Å². The molecule has 0 fully saturated rings. The largest absolute Gasteiger partial charge is 0.481 e. The Labute approximate surface area is 337 Å². The summed E-state index contributed by atoms with van der Waals surface area (Å²) < 4.78 is 45.7. The highest BCUT2D eigenvalue weighted by Gasteiger charge is 2.32. The molecular formula is C39H55ClN4O11S. The molecular weight excluding hydrogens is 768 g/mol. The zero-order valence-electron chi connectivity index (χ0n) is 32.6. The fourth-order valence-corrected chi connectivity index (χ4v) is 6.96. The van der Waals surface area contributed by atoms with Crippen molar-refractivity contribution in [1.29, 1.82) is 0 Å². The van der Waals surface area contributed by atoms with Gasteiger partial charge in [-0.1, -0.05) is 23.7 Å². The number of carbonyl (C=O) groups is 2. The highest BCUT2D eigenvalue weighted by Crippen LogP contribution is 2.39. The molecule has 0 saturated heterocycles. The highest BCUT2D eigenvalue weighted by atomic mass is 35.5. The molecule has 1 aliphatic heterocycles. The second kappa shape index (κ2) is 26.0. The van der Waals surface area contributed by atoms with Crippen molar-refractivity contribution in [3.63, 3.8) is 0 Å². The highest BCUT2D eigenvalue weighted by molar-refractivity contribution is 7.15. The number of benzene rings is 1. The number of nitrogens with zero attached hydrogens (tertiary/aromatic N) is 4. The number of carboxylic acid groups (broad SMARTS) is 1. The number of ether oxygens (including phenoxy) is 8. The minimum absolute atomic E-state index is 0.0101. The van der Waals surface area contributed by atoms with E-state index < -0.39 is 12.0 Å². The molecule has 1 N–H and O–H groups in total. The van der Waals surface area contributed by atoms with E-state index in [1.807, 2.05) is 31.2 Å². The third-order valence-electron chi connectivity index (χ3n) is 8.59. The van der Waals surface area contributed by atoms with Crippen LogP contribution in [-0.4, -0.2) is 143 Å². The summed E-state index contributed by atoms with van der Waals surface area (Å²) in [5, 5.41) is 19.1. The number of carboxylic acids is 1. The van der Waals surface area contributed by atoms with Crippen LogP contribution in [0.25, 0.3) is 5.00 Å². The van der Waals surface area contributed by atoms with Crippen LogP contribution in [0.1, 0.15) is 64.9 Å². The van der Waals surface area contributed by atoms with Crippen molar-refractivity contribution in [2.24, 2.45) is 4.99 Å². The second-order valence-electron chi connectivity index (χ2n) is 12.8. The predicted molar refractivity (Wildman–Crippen MR) is 211 cm³/mol. The van der Waals surface area contributed by atoms with Crippen molar-refractivity contribution in [1.82, 2.24) is 14.8 Å². The van der Waals surface area contributed by atoms with Gasteiger partial charge in [0.05, 0.1) is 111 Å². The predicted octanol–water partition coefficient (Wildman–Crippen LogP) is 5.15. The summed E-state index contributed by atoms with van der Waals surface area (Å²) in [5.74, 6) is 0.647. The lowest BCUT2D eigenvalue weighted by atomic mass is 9.99. The van der Waals surface area contributed by atoms with Gasteiger partial charge >= 0.3 is 5.97 Å². The Morgan fingerprint density at radius 3 is 1.68 bits per heavy atom. The van der Waals surface area contributed by atoms with Crippen molar-refractivity contribution in [3.05, 3.63) is 62.5 Å². The van der Waals surface area contributed by atoms with Crippen LogP contribution in [0, 0.1) is 20.8 Å². The molecule has 0 amide bonds. The van der Waals surface area contributed by atoms with E-state index in [1.54, 1.807) is 11.3 Å². The smallest absolute Gasteiger partial charge is 0.305 e. The Kier molecular flexibility index (Phi) is 21.1. The summed E-state index contributed by atoms with van der Waals surface area (Å²) in [6.45, 7) is 13.0. The molecule has 15 nitrogen and oxygen atoms in total. The number of thiophene rings is 1. The van der Waals surface area contributed by atoms with E-state index in [-0.39, 0.29) is 25.2 Å². The summed E-state index contributed by atoms with van der Waals surface area (Å²) in [7, 11) is 0. The van der Waals surface area contributed by atoms with E-state index in [4.69, 9.17) is 59.6 Å². The van der Waals surface area contributed by atoms with Gasteiger partial charge in [-0.2, -0.15) is 0 Å². The molecule has 4 rings (SSSR count). The lowest BCUT2D eigenvalue weighted by molar-refractivity contribution is -0.138. The molecule has 0 spiro atoms. The average Bonchev–Trinajstić information content (AvgIpc) is 3.66. The van der Waals surface area contributed by atoms with Crippen LogP contribution in [0.5, 0.6) is 0 Å². The summed E-state index contributed by atoms with van der Waals surface area (Å²) in [6.07, 6.45) is 1.19. The lowest BCUT2D eigenvalue weighted by Gasteiger charge is -2.12. The minimum atomic E-state index is -0.880. The number of carbonyl (C=O) groups excluding carboxylic acids is 1. The van der Waals surface area contributed by atoms with Crippen LogP contribution in [-0.2, 0) is 47.5 Å². The zero-order chi connectivity index (χ0) is 40.0. The van der Waals surface area contributed by atoms with Gasteiger partial charge in [-0.3, -0.25) is 19.1 Å². The summed E-state index contributed by atoms with van der Waals surface area (Å²) in [4.78, 5) is 30.0. The molecule has 1 atom stereocenters. The number of hydrogen-bond donors (Lipinski definition) is 1. The molecule has 1 aromatic carbocycles. The van der Waals surface area contributed by atoms with Gasteiger partial charge in [0.25, 0.3) is 0 Å². The first-order valence-electron chi connectivity index (χ1n) is 19.0. The van der Waals surface area contributed by atoms with Gasteiger partial charge in [0.1, 0.15) is 22.7 Å². The second-order valence-corrected chi connectivity index (χ2v) is 14.4. The van der Waals surface area contributed by atoms with Gasteiger partial charge in [0.15, 0.2) is 5.82 Å². The standard InChI is InChI=1S/C39H55ClN4O11S/c1-28-29(2)56-39-36(28)37(31-6-8-32(40)9-7-31)41-34(38-43-42-30(3)44(38)39)27-33(45)5-4-11-48-13-15-50-17-19-52-21-23-54-25-26-55-24-22-53-20-18-51-16-14-49-12-10-35(46)47/h6-9,34H,4-5,10-27H2,1-3H3,(H,46,47)/t34-/m0/s1. The van der Waals surface area contributed by atoms with Crippen LogP contribution < -0.4 is 0 Å². The van der Waals surface area contributed by atoms with Crippen molar-refractivity contribution in [3.8, 4) is 5.00 Å². The number of halogens is 1. The molecule has 0 bridgehead atoms. The van der Waals surface area contributed by atoms with Crippen molar-refractivity contribution in [2.45, 2.75) is 52.5 Å². The Morgan fingerprint density at radius 1 is 0.696 bits per heavy atom. The fourth-order valence-electron chi connectivity index (χ4n) is 5.62. The van der Waals surface area contributed by atoms with E-state index in [2.05, 4.69) is 28.6 Å². The number of rotatable bonds is 31. The van der Waals surface area contributed by atoms with Gasteiger partial charge < -0.3 is 43.0 Å². The summed E-state index contributed by atoms with van der Waals surface area (Å²) in [5.41, 5.74) is 3.97. The molecule has 17 heteroatoms. The van der Waals surface area contributed by atoms with Crippen LogP contribution in [0.4, 0.5) is 0 Å². The van der Waals surface area contributed by atoms with Crippen LogP contribution in [0.2, 0.25) is 5.02 Å². The van der Waals surface area contributed by atoms with Gasteiger partial charge in [-0.05, 0) is 44.9 Å². The first-order valence-corrected chi connectivity index (χ1v) is 20.2. The van der Waals surface area contributed by atoms with Crippen LogP contribution in [0.3, 0.4) is 0 Å². The molecule has 3 aromatic rings. The number of ketones is 1. The SMILES string of the molecule is Cc1sc2c(c1C)C(c1ccc(Cl)cc1)=N[C@@H](CC(=O)CCCOCCOCCOCCOCCOCCOCCOCCOCCC(=O)O)c1nnc(C)n1-2. The monoisotopic (exact) mass is 822 g/mol. The van der Waals surface area contributed by atoms with Crippen molar-refractivity contribution >= 4 is 40.4 Å². The molecule has 2 aromatic heterocycles. The lowest BCUT2D eigenvalue weighted by Crippen LogP contribution is -2.15. The molecule has 3 heterocycles. The molecule has 56 heavy (non-hydrogen) atoms. The van der Waals surface area contributed by atoms with E-state index in [1.165, 1.54) is 4.88 Å². The van der Waals surface area contributed by atoms with Crippen molar-refractivity contribution < 1.29 is 52.6 Å². The van der Waals surface area contributed by atoms with E-state index in [0.29, 0.717) is 123 Å². The summed E-state index contributed by atoms with van der Waals surface area (Å²) >= 11 is 7.90.